The van der Waals surface area contributed by atoms with Gasteiger partial charge in [0, 0.05) is 17.1 Å². The number of fused-ring (bicyclic) bond motifs is 4. The zero-order valence-electron chi connectivity index (χ0n) is 16.4. The van der Waals surface area contributed by atoms with Crippen molar-refractivity contribution in [3.63, 3.8) is 0 Å². The third-order valence-corrected chi connectivity index (χ3v) is 5.42. The Bertz CT molecular complexity index is 1370. The summed E-state index contributed by atoms with van der Waals surface area (Å²) in [5.74, 6) is 1.20. The molecule has 0 aliphatic heterocycles. The molecule has 0 N–H and O–H groups in total. The summed E-state index contributed by atoms with van der Waals surface area (Å²) >= 11 is 0. The first-order valence-electron chi connectivity index (χ1n) is 9.59. The van der Waals surface area contributed by atoms with Gasteiger partial charge in [-0.2, -0.15) is 0 Å². The van der Waals surface area contributed by atoms with Gasteiger partial charge in [-0.1, -0.05) is 38.1 Å². The summed E-state index contributed by atoms with van der Waals surface area (Å²) in [5, 5.41) is 3.37. The van der Waals surface area contributed by atoms with Crippen LogP contribution in [0.25, 0.3) is 44.2 Å². The van der Waals surface area contributed by atoms with E-state index in [1.165, 1.54) is 10.8 Å². The molecule has 4 nitrogen and oxygen atoms in total. The van der Waals surface area contributed by atoms with Crippen LogP contribution in [0.15, 0.2) is 53.1 Å². The molecule has 4 heterocycles. The third-order valence-electron chi connectivity index (χ3n) is 5.42. The Kier molecular flexibility index (Phi) is 3.69. The molecule has 28 heavy (non-hydrogen) atoms. The van der Waals surface area contributed by atoms with E-state index in [2.05, 4.69) is 56.1 Å². The first-order chi connectivity index (χ1) is 13.5. The zero-order chi connectivity index (χ0) is 19.4. The monoisotopic (exact) mass is 367 g/mol. The van der Waals surface area contributed by atoms with Gasteiger partial charge in [0.15, 0.2) is 5.58 Å². The SMILES string of the molecule is Cc1oc2c(c(-c3cc4ccccc4c(C(C)C)n3)nc3cccnc32)c1C. The van der Waals surface area contributed by atoms with Crippen LogP contribution in [-0.4, -0.2) is 15.0 Å². The number of hydrogen-bond acceptors (Lipinski definition) is 4. The summed E-state index contributed by atoms with van der Waals surface area (Å²) < 4.78 is 6.11. The van der Waals surface area contributed by atoms with Crippen LogP contribution in [0.4, 0.5) is 0 Å². The maximum atomic E-state index is 6.11. The van der Waals surface area contributed by atoms with Crippen LogP contribution in [0.3, 0.4) is 0 Å². The number of aryl methyl sites for hydroxylation is 2. The number of benzene rings is 1. The summed E-state index contributed by atoms with van der Waals surface area (Å²) in [7, 11) is 0. The van der Waals surface area contributed by atoms with Gasteiger partial charge in [-0.15, -0.1) is 0 Å². The lowest BCUT2D eigenvalue weighted by atomic mass is 9.99. The molecule has 0 aliphatic rings. The second-order valence-corrected chi connectivity index (χ2v) is 7.59. The highest BCUT2D eigenvalue weighted by Crippen LogP contribution is 2.37. The summed E-state index contributed by atoms with van der Waals surface area (Å²) in [6.07, 6.45) is 1.78. The normalized spacial score (nSPS) is 11.9. The van der Waals surface area contributed by atoms with E-state index in [9.17, 15) is 0 Å². The van der Waals surface area contributed by atoms with Crippen molar-refractivity contribution in [2.24, 2.45) is 0 Å². The van der Waals surface area contributed by atoms with Gasteiger partial charge in [0.2, 0.25) is 0 Å². The maximum absolute atomic E-state index is 6.11. The Hall–Kier alpha value is -3.27. The van der Waals surface area contributed by atoms with Crippen molar-refractivity contribution in [3.05, 3.63) is 65.7 Å². The quantitative estimate of drug-likeness (QED) is 0.366. The Labute approximate surface area is 163 Å². The van der Waals surface area contributed by atoms with Crippen LogP contribution < -0.4 is 0 Å². The van der Waals surface area contributed by atoms with Crippen LogP contribution in [-0.2, 0) is 0 Å². The standard InChI is InChI=1S/C24H21N3O/c1-13(2)21-17-9-6-5-8-16(17)12-19(27-21)22-20-14(3)15(4)28-24(20)23-18(26-22)10-7-11-25-23/h5-13H,1-4H3. The lowest BCUT2D eigenvalue weighted by Gasteiger charge is -2.13. The minimum Gasteiger partial charge on any atom is -0.459 e. The minimum absolute atomic E-state index is 0.314. The smallest absolute Gasteiger partial charge is 0.164 e. The highest BCUT2D eigenvalue weighted by atomic mass is 16.3. The highest BCUT2D eigenvalue weighted by Gasteiger charge is 2.20. The Balaban J connectivity index is 1.93. The van der Waals surface area contributed by atoms with E-state index in [0.29, 0.717) is 5.92 Å². The lowest BCUT2D eigenvalue weighted by molar-refractivity contribution is 0.577. The topological polar surface area (TPSA) is 51.8 Å². The first kappa shape index (κ1) is 16.9. The summed E-state index contributed by atoms with van der Waals surface area (Å²) in [6.45, 7) is 8.42. The fraction of sp³-hybridized carbons (Fsp3) is 0.208. The molecule has 0 fully saturated rings. The van der Waals surface area contributed by atoms with Crippen LogP contribution in [0.5, 0.6) is 0 Å². The van der Waals surface area contributed by atoms with Gasteiger partial charge in [-0.25, -0.2) is 4.98 Å². The molecule has 0 atom stereocenters. The van der Waals surface area contributed by atoms with Gasteiger partial charge in [0.05, 0.1) is 22.3 Å². The van der Waals surface area contributed by atoms with Crippen LogP contribution >= 0.6 is 0 Å². The second-order valence-electron chi connectivity index (χ2n) is 7.59. The van der Waals surface area contributed by atoms with E-state index in [4.69, 9.17) is 14.4 Å². The van der Waals surface area contributed by atoms with Crippen LogP contribution in [0.2, 0.25) is 0 Å². The van der Waals surface area contributed by atoms with Crippen LogP contribution in [0.1, 0.15) is 36.8 Å². The summed E-state index contributed by atoms with van der Waals surface area (Å²) in [5.41, 5.74) is 6.32. The van der Waals surface area contributed by atoms with Crippen molar-refractivity contribution in [2.75, 3.05) is 0 Å². The fourth-order valence-corrected chi connectivity index (χ4v) is 3.89. The number of pyridine rings is 3. The molecule has 1 aromatic carbocycles. The number of furan rings is 1. The predicted molar refractivity (Wildman–Crippen MR) is 114 cm³/mol. The third kappa shape index (κ3) is 2.41. The lowest BCUT2D eigenvalue weighted by Crippen LogP contribution is -1.99. The molecule has 0 saturated carbocycles. The van der Waals surface area contributed by atoms with E-state index in [-0.39, 0.29) is 0 Å². The van der Waals surface area contributed by atoms with Gasteiger partial charge >= 0.3 is 0 Å². The zero-order valence-corrected chi connectivity index (χ0v) is 16.4. The number of aromatic nitrogens is 3. The number of hydrogen-bond donors (Lipinski definition) is 0. The molecule has 4 aromatic heterocycles. The number of rotatable bonds is 2. The van der Waals surface area contributed by atoms with Crippen molar-refractivity contribution in [1.82, 2.24) is 15.0 Å². The highest BCUT2D eigenvalue weighted by molar-refractivity contribution is 6.08. The van der Waals surface area contributed by atoms with Crippen LogP contribution in [0, 0.1) is 13.8 Å². The second kappa shape index (κ2) is 6.13. The molecule has 0 aliphatic carbocycles. The molecule has 0 amide bonds. The molecule has 0 saturated heterocycles. The summed E-state index contributed by atoms with van der Waals surface area (Å²) in [6, 6.07) is 14.4. The average molecular weight is 367 g/mol. The van der Waals surface area contributed by atoms with E-state index in [1.807, 2.05) is 19.1 Å². The van der Waals surface area contributed by atoms with Gasteiger partial charge in [0.25, 0.3) is 0 Å². The van der Waals surface area contributed by atoms with Crippen molar-refractivity contribution in [2.45, 2.75) is 33.6 Å². The van der Waals surface area contributed by atoms with Crippen molar-refractivity contribution in [1.29, 1.82) is 0 Å². The molecule has 0 unspecified atom stereocenters. The molecule has 0 bridgehead atoms. The predicted octanol–water partition coefficient (Wildman–Crippen LogP) is 6.33. The van der Waals surface area contributed by atoms with Gasteiger partial charge in [-0.3, -0.25) is 9.97 Å². The van der Waals surface area contributed by atoms with Crippen molar-refractivity contribution < 1.29 is 4.42 Å². The molecule has 4 heteroatoms. The Morgan fingerprint density at radius 2 is 1.79 bits per heavy atom. The van der Waals surface area contributed by atoms with E-state index >= 15 is 0 Å². The molecule has 5 aromatic rings. The maximum Gasteiger partial charge on any atom is 0.164 e. The molecule has 5 rings (SSSR count). The van der Waals surface area contributed by atoms with Crippen molar-refractivity contribution in [3.8, 4) is 11.4 Å². The molecule has 138 valence electrons. The molecule has 0 spiro atoms. The minimum atomic E-state index is 0.314. The van der Waals surface area contributed by atoms with E-state index < -0.39 is 0 Å². The van der Waals surface area contributed by atoms with E-state index in [1.54, 1.807) is 6.20 Å². The largest absolute Gasteiger partial charge is 0.459 e. The van der Waals surface area contributed by atoms with Gasteiger partial charge in [-0.05, 0) is 43.4 Å². The van der Waals surface area contributed by atoms with Gasteiger partial charge in [0.1, 0.15) is 17.0 Å². The number of nitrogens with zero attached hydrogens (tertiary/aromatic N) is 3. The summed E-state index contributed by atoms with van der Waals surface area (Å²) in [4.78, 5) is 14.5. The van der Waals surface area contributed by atoms with Crippen molar-refractivity contribution >= 4 is 32.8 Å². The molecular formula is C24H21N3O. The van der Waals surface area contributed by atoms with E-state index in [0.717, 1.165) is 50.4 Å². The first-order valence-corrected chi connectivity index (χ1v) is 9.59. The Morgan fingerprint density at radius 3 is 2.61 bits per heavy atom. The Morgan fingerprint density at radius 1 is 0.964 bits per heavy atom. The fourth-order valence-electron chi connectivity index (χ4n) is 3.89. The van der Waals surface area contributed by atoms with Gasteiger partial charge < -0.3 is 4.42 Å². The molecular weight excluding hydrogens is 346 g/mol. The molecule has 0 radical (unpaired) electrons. The average Bonchev–Trinajstić information content (AvgIpc) is 3.01.